The summed E-state index contributed by atoms with van der Waals surface area (Å²) in [4.78, 5) is 6.34. The fourth-order valence-corrected chi connectivity index (χ4v) is 2.06. The van der Waals surface area contributed by atoms with Crippen molar-refractivity contribution >= 4 is 33.3 Å². The van der Waals surface area contributed by atoms with Crippen molar-refractivity contribution in [2.45, 2.75) is 6.92 Å². The van der Waals surface area contributed by atoms with Gasteiger partial charge in [0.05, 0.1) is 4.47 Å². The van der Waals surface area contributed by atoms with Crippen LogP contribution in [0.4, 0.5) is 5.82 Å². The van der Waals surface area contributed by atoms with Gasteiger partial charge >= 0.3 is 0 Å². The van der Waals surface area contributed by atoms with E-state index in [2.05, 4.69) is 20.9 Å². The van der Waals surface area contributed by atoms with Crippen LogP contribution in [0.5, 0.6) is 0 Å². The van der Waals surface area contributed by atoms with E-state index >= 15 is 0 Å². The van der Waals surface area contributed by atoms with Crippen molar-refractivity contribution in [1.29, 1.82) is 0 Å². The van der Waals surface area contributed by atoms with Crippen molar-refractivity contribution in [1.82, 2.24) is 4.98 Å². The van der Waals surface area contributed by atoms with Gasteiger partial charge in [-0.1, -0.05) is 0 Å². The minimum Gasteiger partial charge on any atom is -0.358 e. The number of aromatic nitrogens is 1. The largest absolute Gasteiger partial charge is 0.358 e. The van der Waals surface area contributed by atoms with Crippen molar-refractivity contribution in [3.63, 3.8) is 0 Å². The Bertz CT molecular complexity index is 291. The average molecular weight is 264 g/mol. The minimum atomic E-state index is 0.610. The van der Waals surface area contributed by atoms with Gasteiger partial charge in [-0.05, 0) is 34.5 Å². The first-order valence-corrected chi connectivity index (χ1v) is 5.37. The van der Waals surface area contributed by atoms with E-state index in [1.54, 1.807) is 0 Å². The maximum Gasteiger partial charge on any atom is 0.142 e. The maximum atomic E-state index is 5.65. The van der Waals surface area contributed by atoms with Crippen LogP contribution >= 0.6 is 27.5 Å². The molecule has 13 heavy (non-hydrogen) atoms. The van der Waals surface area contributed by atoms with Crippen molar-refractivity contribution < 1.29 is 0 Å². The highest BCUT2D eigenvalue weighted by Crippen LogP contribution is 2.23. The molecular weight excluding hydrogens is 251 g/mol. The van der Waals surface area contributed by atoms with E-state index in [9.17, 15) is 0 Å². The number of rotatable bonds is 3. The molecule has 0 bridgehead atoms. The number of aryl methyl sites for hydroxylation is 1. The molecule has 0 radical (unpaired) electrons. The lowest BCUT2D eigenvalue weighted by Gasteiger charge is -2.17. The Balaban J connectivity index is 2.88. The van der Waals surface area contributed by atoms with Crippen LogP contribution in [0.25, 0.3) is 0 Å². The van der Waals surface area contributed by atoms with Gasteiger partial charge in [-0.3, -0.25) is 0 Å². The van der Waals surface area contributed by atoms with Gasteiger partial charge in [-0.2, -0.15) is 0 Å². The van der Waals surface area contributed by atoms with Crippen molar-refractivity contribution in [3.8, 4) is 0 Å². The molecule has 0 spiro atoms. The normalized spacial score (nSPS) is 10.2. The molecule has 0 aliphatic heterocycles. The minimum absolute atomic E-state index is 0.610. The zero-order valence-corrected chi connectivity index (χ0v) is 10.1. The molecule has 0 atom stereocenters. The van der Waals surface area contributed by atoms with Crippen molar-refractivity contribution in [2.75, 3.05) is 24.4 Å². The van der Waals surface area contributed by atoms with Crippen LogP contribution in [0.2, 0.25) is 0 Å². The Labute approximate surface area is 92.0 Å². The number of nitrogens with zero attached hydrogens (tertiary/aromatic N) is 2. The Morgan fingerprint density at radius 2 is 2.31 bits per heavy atom. The Hall–Kier alpha value is -0.280. The highest BCUT2D eigenvalue weighted by Gasteiger charge is 2.05. The molecule has 0 saturated carbocycles. The molecule has 0 aliphatic carbocycles. The molecule has 0 amide bonds. The Kier molecular flexibility index (Phi) is 4.00. The fraction of sp³-hybridized carbons (Fsp3) is 0.444. The van der Waals surface area contributed by atoms with Gasteiger partial charge in [0.1, 0.15) is 5.82 Å². The predicted molar refractivity (Wildman–Crippen MR) is 60.7 cm³/mol. The van der Waals surface area contributed by atoms with E-state index in [-0.39, 0.29) is 0 Å². The third kappa shape index (κ3) is 2.85. The number of anilines is 1. The number of hydrogen-bond donors (Lipinski definition) is 0. The molecule has 0 aliphatic rings. The molecule has 1 aromatic rings. The summed E-state index contributed by atoms with van der Waals surface area (Å²) in [6.07, 6.45) is 1.85. The first kappa shape index (κ1) is 10.8. The van der Waals surface area contributed by atoms with Crippen LogP contribution in [0.3, 0.4) is 0 Å². The summed E-state index contributed by atoms with van der Waals surface area (Å²) in [7, 11) is 1.98. The quantitative estimate of drug-likeness (QED) is 0.780. The smallest absolute Gasteiger partial charge is 0.142 e. The van der Waals surface area contributed by atoms with Crippen LogP contribution in [0.1, 0.15) is 5.56 Å². The van der Waals surface area contributed by atoms with E-state index in [0.29, 0.717) is 5.88 Å². The lowest BCUT2D eigenvalue weighted by Crippen LogP contribution is -2.21. The third-order valence-corrected chi connectivity index (χ3v) is 2.49. The second-order valence-corrected chi connectivity index (χ2v) is 4.16. The Morgan fingerprint density at radius 3 is 2.85 bits per heavy atom. The molecule has 1 heterocycles. The zero-order valence-electron chi connectivity index (χ0n) is 7.72. The highest BCUT2D eigenvalue weighted by atomic mass is 79.9. The van der Waals surface area contributed by atoms with Gasteiger partial charge in [0.25, 0.3) is 0 Å². The summed E-state index contributed by atoms with van der Waals surface area (Å²) in [5.74, 6) is 1.55. The summed E-state index contributed by atoms with van der Waals surface area (Å²) in [6.45, 7) is 2.82. The summed E-state index contributed by atoms with van der Waals surface area (Å²) in [6, 6.07) is 2.05. The van der Waals surface area contributed by atoms with E-state index < -0.39 is 0 Å². The summed E-state index contributed by atoms with van der Waals surface area (Å²) >= 11 is 9.12. The monoisotopic (exact) mass is 262 g/mol. The number of hydrogen-bond acceptors (Lipinski definition) is 2. The topological polar surface area (TPSA) is 16.1 Å². The number of pyridine rings is 1. The number of alkyl halides is 1. The number of halogens is 2. The van der Waals surface area contributed by atoms with Crippen LogP contribution in [0.15, 0.2) is 16.7 Å². The van der Waals surface area contributed by atoms with E-state index in [1.165, 1.54) is 0 Å². The molecule has 2 nitrogen and oxygen atoms in total. The first-order chi connectivity index (χ1) is 6.15. The Morgan fingerprint density at radius 1 is 1.62 bits per heavy atom. The molecular formula is C9H12BrClN2. The molecule has 72 valence electrons. The van der Waals surface area contributed by atoms with Crippen LogP contribution in [0, 0.1) is 6.92 Å². The van der Waals surface area contributed by atoms with Crippen molar-refractivity contribution in [2.24, 2.45) is 0 Å². The zero-order chi connectivity index (χ0) is 9.84. The molecule has 0 unspecified atom stereocenters. The standard InChI is InChI=1S/C9H12BrClN2/c1-7-5-8(10)9(12-6-7)13(2)4-3-11/h5-6H,3-4H2,1-2H3. The molecule has 0 saturated heterocycles. The van der Waals surface area contributed by atoms with Gasteiger partial charge < -0.3 is 4.90 Å². The predicted octanol–water partition coefficient (Wildman–Crippen LogP) is 2.83. The van der Waals surface area contributed by atoms with Crippen LogP contribution < -0.4 is 4.90 Å². The molecule has 4 heteroatoms. The van der Waals surface area contributed by atoms with Crippen molar-refractivity contribution in [3.05, 3.63) is 22.3 Å². The van der Waals surface area contributed by atoms with Gasteiger partial charge in [0, 0.05) is 25.7 Å². The van der Waals surface area contributed by atoms with Gasteiger partial charge in [0.2, 0.25) is 0 Å². The maximum absolute atomic E-state index is 5.65. The van der Waals surface area contributed by atoms with Gasteiger partial charge in [-0.15, -0.1) is 11.6 Å². The second kappa shape index (κ2) is 4.82. The van der Waals surface area contributed by atoms with E-state index in [1.807, 2.05) is 31.1 Å². The molecule has 0 N–H and O–H groups in total. The average Bonchev–Trinajstić information content (AvgIpc) is 2.04. The van der Waals surface area contributed by atoms with Gasteiger partial charge in [-0.25, -0.2) is 4.98 Å². The highest BCUT2D eigenvalue weighted by molar-refractivity contribution is 9.10. The fourth-order valence-electron chi connectivity index (χ4n) is 1.04. The molecule has 0 aromatic carbocycles. The molecule has 0 fully saturated rings. The van der Waals surface area contributed by atoms with Gasteiger partial charge in [0.15, 0.2) is 0 Å². The molecule has 1 rings (SSSR count). The van der Waals surface area contributed by atoms with Crippen LogP contribution in [-0.4, -0.2) is 24.5 Å². The van der Waals surface area contributed by atoms with E-state index in [0.717, 1.165) is 22.4 Å². The van der Waals surface area contributed by atoms with Crippen LogP contribution in [-0.2, 0) is 0 Å². The summed E-state index contributed by atoms with van der Waals surface area (Å²) in [5, 5.41) is 0. The summed E-state index contributed by atoms with van der Waals surface area (Å²) < 4.78 is 1.01. The SMILES string of the molecule is Cc1cnc(N(C)CCCl)c(Br)c1. The first-order valence-electron chi connectivity index (χ1n) is 4.04. The second-order valence-electron chi connectivity index (χ2n) is 2.93. The third-order valence-electron chi connectivity index (χ3n) is 1.74. The lowest BCUT2D eigenvalue weighted by molar-refractivity contribution is 0.936. The molecule has 1 aromatic heterocycles. The van der Waals surface area contributed by atoms with E-state index in [4.69, 9.17) is 11.6 Å². The lowest BCUT2D eigenvalue weighted by atomic mass is 10.3. The summed E-state index contributed by atoms with van der Waals surface area (Å²) in [5.41, 5.74) is 1.15.